The fourth-order valence-corrected chi connectivity index (χ4v) is 5.95. The Bertz CT molecular complexity index is 865. The van der Waals surface area contributed by atoms with Crippen LogP contribution in [0.25, 0.3) is 0 Å². The second-order valence-corrected chi connectivity index (χ2v) is 9.73. The van der Waals surface area contributed by atoms with Crippen LogP contribution in [0, 0.1) is 12.8 Å². The van der Waals surface area contributed by atoms with Crippen molar-refractivity contribution in [1.82, 2.24) is 9.80 Å². The molecule has 8 heteroatoms. The number of benzene rings is 1. The van der Waals surface area contributed by atoms with E-state index in [1.54, 1.807) is 49.0 Å². The summed E-state index contributed by atoms with van der Waals surface area (Å²) in [4.78, 5) is 29.0. The summed E-state index contributed by atoms with van der Waals surface area (Å²) in [6.07, 6.45) is 0. The molecule has 7 nitrogen and oxygen atoms in total. The maximum Gasteiger partial charge on any atom is 0.254 e. The molecule has 0 aliphatic carbocycles. The van der Waals surface area contributed by atoms with Gasteiger partial charge < -0.3 is 14.5 Å². The zero-order valence-electron chi connectivity index (χ0n) is 16.1. The normalized spacial score (nSPS) is 24.0. The van der Waals surface area contributed by atoms with Gasteiger partial charge in [0.1, 0.15) is 5.75 Å². The molecule has 1 aromatic rings. The monoisotopic (exact) mass is 394 g/mol. The van der Waals surface area contributed by atoms with Gasteiger partial charge in [-0.1, -0.05) is 13.8 Å². The van der Waals surface area contributed by atoms with Gasteiger partial charge in [0.2, 0.25) is 5.91 Å². The first kappa shape index (κ1) is 19.7. The molecule has 148 valence electrons. The van der Waals surface area contributed by atoms with Gasteiger partial charge >= 0.3 is 0 Å². The molecule has 2 aliphatic rings. The second kappa shape index (κ2) is 7.14. The van der Waals surface area contributed by atoms with Gasteiger partial charge in [-0.25, -0.2) is 8.42 Å². The van der Waals surface area contributed by atoms with Crippen LogP contribution in [0.1, 0.15) is 29.8 Å². The summed E-state index contributed by atoms with van der Waals surface area (Å²) in [5.41, 5.74) is 1.31. The summed E-state index contributed by atoms with van der Waals surface area (Å²) in [6, 6.07) is 4.25. The molecule has 0 unspecified atom stereocenters. The molecule has 2 amide bonds. The average Bonchev–Trinajstić information content (AvgIpc) is 2.94. The highest BCUT2D eigenvalue weighted by atomic mass is 32.2. The zero-order chi connectivity index (χ0) is 19.9. The highest BCUT2D eigenvalue weighted by molar-refractivity contribution is 7.91. The molecule has 0 saturated carbocycles. The van der Waals surface area contributed by atoms with Crippen LogP contribution in [0.2, 0.25) is 0 Å². The topological polar surface area (TPSA) is 84.0 Å². The van der Waals surface area contributed by atoms with Crippen molar-refractivity contribution in [1.29, 1.82) is 0 Å². The maximum atomic E-state index is 13.2. The number of aryl methyl sites for hydroxylation is 1. The van der Waals surface area contributed by atoms with Gasteiger partial charge in [-0.15, -0.1) is 0 Å². The summed E-state index contributed by atoms with van der Waals surface area (Å²) in [7, 11) is -1.73. The fourth-order valence-electron chi connectivity index (χ4n) is 3.97. The van der Waals surface area contributed by atoms with E-state index < -0.39 is 21.9 Å². The van der Waals surface area contributed by atoms with Crippen LogP contribution in [-0.2, 0) is 14.6 Å². The van der Waals surface area contributed by atoms with Crippen molar-refractivity contribution in [3.05, 3.63) is 29.3 Å². The van der Waals surface area contributed by atoms with Crippen molar-refractivity contribution in [2.75, 3.05) is 31.7 Å². The lowest BCUT2D eigenvalue weighted by Gasteiger charge is -2.44. The van der Waals surface area contributed by atoms with Crippen molar-refractivity contribution >= 4 is 21.7 Å². The third kappa shape index (κ3) is 3.67. The Hall–Kier alpha value is -2.09. The van der Waals surface area contributed by atoms with Crippen molar-refractivity contribution in [2.45, 2.75) is 32.9 Å². The molecule has 3 rings (SSSR count). The predicted molar refractivity (Wildman–Crippen MR) is 102 cm³/mol. The minimum absolute atomic E-state index is 0.0603. The number of hydrogen-bond acceptors (Lipinski definition) is 5. The Balaban J connectivity index is 1.91. The van der Waals surface area contributed by atoms with Gasteiger partial charge in [-0.2, -0.15) is 0 Å². The Morgan fingerprint density at radius 2 is 1.70 bits per heavy atom. The van der Waals surface area contributed by atoms with Crippen LogP contribution in [0.3, 0.4) is 0 Å². The van der Waals surface area contributed by atoms with E-state index in [4.69, 9.17) is 4.74 Å². The number of fused-ring (bicyclic) bond motifs is 1. The number of methoxy groups -OCH3 is 1. The number of ether oxygens (including phenoxy) is 1. The van der Waals surface area contributed by atoms with Gasteiger partial charge in [-0.3, -0.25) is 9.59 Å². The summed E-state index contributed by atoms with van der Waals surface area (Å²) >= 11 is 0. The number of rotatable bonds is 3. The Labute approximate surface area is 160 Å². The lowest BCUT2D eigenvalue weighted by Crippen LogP contribution is -2.62. The summed E-state index contributed by atoms with van der Waals surface area (Å²) < 4.78 is 29.8. The molecule has 0 aromatic heterocycles. The molecule has 0 spiro atoms. The first-order valence-corrected chi connectivity index (χ1v) is 10.9. The molecule has 0 N–H and O–H groups in total. The number of carbonyl (C=O) groups is 2. The van der Waals surface area contributed by atoms with E-state index in [0.717, 1.165) is 5.56 Å². The summed E-state index contributed by atoms with van der Waals surface area (Å²) in [5, 5.41) is 0. The number of sulfone groups is 1. The molecule has 2 aliphatic heterocycles. The van der Waals surface area contributed by atoms with E-state index in [0.29, 0.717) is 24.4 Å². The van der Waals surface area contributed by atoms with Crippen molar-refractivity contribution in [3.8, 4) is 5.75 Å². The van der Waals surface area contributed by atoms with Crippen molar-refractivity contribution < 1.29 is 22.7 Å². The predicted octanol–water partition coefficient (Wildman–Crippen LogP) is 1.11. The number of carbonyl (C=O) groups excluding carboxylic acids is 2. The van der Waals surface area contributed by atoms with Crippen LogP contribution in [0.5, 0.6) is 5.75 Å². The van der Waals surface area contributed by atoms with E-state index in [2.05, 4.69) is 0 Å². The number of nitrogens with zero attached hydrogens (tertiary/aromatic N) is 2. The third-order valence-corrected chi connectivity index (χ3v) is 7.08. The molecule has 0 radical (unpaired) electrons. The van der Waals surface area contributed by atoms with Gasteiger partial charge in [-0.05, 0) is 30.7 Å². The smallest absolute Gasteiger partial charge is 0.254 e. The first-order valence-electron chi connectivity index (χ1n) is 9.11. The SMILES string of the molecule is COc1ccc(C(=O)N2CCN(C(=O)C(C)C)[C@@H]3CS(=O)(=O)C[C@@H]32)c(C)c1. The van der Waals surface area contributed by atoms with Crippen molar-refractivity contribution in [3.63, 3.8) is 0 Å². The third-order valence-electron chi connectivity index (χ3n) is 5.38. The zero-order valence-corrected chi connectivity index (χ0v) is 17.0. The largest absolute Gasteiger partial charge is 0.497 e. The molecule has 2 atom stereocenters. The highest BCUT2D eigenvalue weighted by Crippen LogP contribution is 2.30. The lowest BCUT2D eigenvalue weighted by atomic mass is 9.99. The second-order valence-electron chi connectivity index (χ2n) is 7.58. The first-order chi connectivity index (χ1) is 12.6. The maximum absolute atomic E-state index is 13.2. The summed E-state index contributed by atoms with van der Waals surface area (Å²) in [6.45, 7) is 6.13. The van der Waals surface area contributed by atoms with Crippen LogP contribution >= 0.6 is 0 Å². The van der Waals surface area contributed by atoms with Crippen LogP contribution < -0.4 is 4.74 Å². The van der Waals surface area contributed by atoms with Gasteiger partial charge in [0.25, 0.3) is 5.91 Å². The van der Waals surface area contributed by atoms with E-state index in [9.17, 15) is 18.0 Å². The van der Waals surface area contributed by atoms with Crippen molar-refractivity contribution in [2.24, 2.45) is 5.92 Å². The summed E-state index contributed by atoms with van der Waals surface area (Å²) in [5.74, 6) is 0.0219. The molecule has 2 fully saturated rings. The van der Waals surface area contributed by atoms with E-state index in [1.165, 1.54) is 0 Å². The van der Waals surface area contributed by atoms with Gasteiger partial charge in [0.05, 0.1) is 30.7 Å². The van der Waals surface area contributed by atoms with Crippen LogP contribution in [0.15, 0.2) is 18.2 Å². The van der Waals surface area contributed by atoms with E-state index >= 15 is 0 Å². The molecule has 0 bridgehead atoms. The van der Waals surface area contributed by atoms with E-state index in [-0.39, 0.29) is 29.2 Å². The van der Waals surface area contributed by atoms with Crippen LogP contribution in [-0.4, -0.2) is 73.8 Å². The fraction of sp³-hybridized carbons (Fsp3) is 0.579. The Kier molecular flexibility index (Phi) is 5.20. The standard InChI is InChI=1S/C19H26N2O5S/c1-12(2)18(22)20-7-8-21(17-11-27(24,25)10-16(17)20)19(23)15-6-5-14(26-4)9-13(15)3/h5-6,9,12,16-17H,7-8,10-11H2,1-4H3/t16-,17+/m1/s1. The molecule has 1 aromatic carbocycles. The lowest BCUT2D eigenvalue weighted by molar-refractivity contribution is -0.139. The van der Waals surface area contributed by atoms with Gasteiger partial charge in [0.15, 0.2) is 9.84 Å². The molecular weight excluding hydrogens is 368 g/mol. The molecule has 2 saturated heterocycles. The average molecular weight is 394 g/mol. The van der Waals surface area contributed by atoms with Crippen LogP contribution in [0.4, 0.5) is 0 Å². The molecule has 2 heterocycles. The highest BCUT2D eigenvalue weighted by Gasteiger charge is 2.49. The quantitative estimate of drug-likeness (QED) is 0.767. The number of amides is 2. The Morgan fingerprint density at radius 1 is 1.11 bits per heavy atom. The minimum atomic E-state index is -3.30. The van der Waals surface area contributed by atoms with Gasteiger partial charge in [0, 0.05) is 24.6 Å². The minimum Gasteiger partial charge on any atom is -0.497 e. The number of piperazine rings is 1. The molecular formula is C19H26N2O5S. The Morgan fingerprint density at radius 3 is 2.26 bits per heavy atom. The number of hydrogen-bond donors (Lipinski definition) is 0. The molecule has 27 heavy (non-hydrogen) atoms. The van der Waals surface area contributed by atoms with E-state index in [1.807, 2.05) is 6.92 Å².